The zero-order valence-electron chi connectivity index (χ0n) is 9.96. The minimum absolute atomic E-state index is 0.0565. The summed E-state index contributed by atoms with van der Waals surface area (Å²) < 4.78 is 0. The standard InChI is InChI=1S/C14H19ClO/c1-13(2)9-3-4-10-14(13,16)11-5-7-12(15)8-6-11/h5-8,16H,3-4,9-10H2,1-2H3. The monoisotopic (exact) mass is 238 g/mol. The number of aliphatic hydroxyl groups is 1. The molecule has 1 aromatic carbocycles. The van der Waals surface area contributed by atoms with E-state index in [1.165, 1.54) is 6.42 Å². The van der Waals surface area contributed by atoms with Crippen molar-refractivity contribution in [1.82, 2.24) is 0 Å². The molecule has 1 aliphatic rings. The van der Waals surface area contributed by atoms with Crippen LogP contribution in [-0.2, 0) is 5.60 Å². The van der Waals surface area contributed by atoms with Gasteiger partial charge in [0, 0.05) is 5.02 Å². The highest BCUT2D eigenvalue weighted by molar-refractivity contribution is 6.30. The van der Waals surface area contributed by atoms with Gasteiger partial charge in [0.15, 0.2) is 0 Å². The molecule has 0 aromatic heterocycles. The molecule has 2 rings (SSSR count). The number of halogens is 1. The molecule has 1 nitrogen and oxygen atoms in total. The van der Waals surface area contributed by atoms with Gasteiger partial charge in [0.25, 0.3) is 0 Å². The molecule has 1 N–H and O–H groups in total. The third-order valence-electron chi connectivity index (χ3n) is 4.03. The Balaban J connectivity index is 2.39. The molecule has 0 amide bonds. The van der Waals surface area contributed by atoms with Crippen molar-refractivity contribution >= 4 is 11.6 Å². The van der Waals surface area contributed by atoms with Gasteiger partial charge < -0.3 is 5.11 Å². The molecule has 0 heterocycles. The van der Waals surface area contributed by atoms with E-state index in [-0.39, 0.29) is 5.41 Å². The van der Waals surface area contributed by atoms with Gasteiger partial charge in [-0.05, 0) is 36.0 Å². The maximum Gasteiger partial charge on any atom is 0.0947 e. The Morgan fingerprint density at radius 1 is 1.06 bits per heavy atom. The summed E-state index contributed by atoms with van der Waals surface area (Å²) >= 11 is 5.89. The summed E-state index contributed by atoms with van der Waals surface area (Å²) in [6, 6.07) is 7.63. The number of benzene rings is 1. The molecule has 0 radical (unpaired) electrons. The van der Waals surface area contributed by atoms with Gasteiger partial charge in [-0.1, -0.05) is 50.4 Å². The van der Waals surface area contributed by atoms with Crippen LogP contribution in [-0.4, -0.2) is 5.11 Å². The van der Waals surface area contributed by atoms with Gasteiger partial charge in [0.2, 0.25) is 0 Å². The molecule has 16 heavy (non-hydrogen) atoms. The summed E-state index contributed by atoms with van der Waals surface area (Å²) in [5.74, 6) is 0. The Bertz CT molecular complexity index is 369. The Hall–Kier alpha value is -0.530. The van der Waals surface area contributed by atoms with Crippen LogP contribution < -0.4 is 0 Å². The molecule has 1 fully saturated rings. The van der Waals surface area contributed by atoms with E-state index < -0.39 is 5.60 Å². The average molecular weight is 239 g/mol. The summed E-state index contributed by atoms with van der Waals surface area (Å²) in [6.07, 6.45) is 4.24. The molecule has 1 atom stereocenters. The fourth-order valence-corrected chi connectivity index (χ4v) is 2.88. The first-order valence-corrected chi connectivity index (χ1v) is 6.32. The lowest BCUT2D eigenvalue weighted by Crippen LogP contribution is -2.44. The number of hydrogen-bond acceptors (Lipinski definition) is 1. The van der Waals surface area contributed by atoms with E-state index in [0.29, 0.717) is 0 Å². The van der Waals surface area contributed by atoms with Gasteiger partial charge in [-0.15, -0.1) is 0 Å². The predicted molar refractivity (Wildman–Crippen MR) is 67.6 cm³/mol. The van der Waals surface area contributed by atoms with E-state index in [1.54, 1.807) is 0 Å². The molecule has 0 aliphatic heterocycles. The number of rotatable bonds is 1. The van der Waals surface area contributed by atoms with E-state index in [4.69, 9.17) is 11.6 Å². The lowest BCUT2D eigenvalue weighted by atomic mass is 9.62. The quantitative estimate of drug-likeness (QED) is 0.780. The molecule has 0 spiro atoms. The smallest absolute Gasteiger partial charge is 0.0947 e. The maximum atomic E-state index is 10.9. The molecule has 1 aromatic rings. The summed E-state index contributed by atoms with van der Waals surface area (Å²) in [6.45, 7) is 4.31. The average Bonchev–Trinajstić information content (AvgIpc) is 2.23. The molecule has 2 heteroatoms. The lowest BCUT2D eigenvalue weighted by Gasteiger charge is -2.47. The highest BCUT2D eigenvalue weighted by atomic mass is 35.5. The Kier molecular flexibility index (Phi) is 3.02. The molecular weight excluding hydrogens is 220 g/mol. The lowest BCUT2D eigenvalue weighted by molar-refractivity contribution is -0.103. The minimum atomic E-state index is -0.699. The van der Waals surface area contributed by atoms with Crippen LogP contribution >= 0.6 is 11.6 Å². The van der Waals surface area contributed by atoms with E-state index in [1.807, 2.05) is 24.3 Å². The van der Waals surface area contributed by atoms with Crippen LogP contribution in [0, 0.1) is 5.41 Å². The van der Waals surface area contributed by atoms with Crippen LogP contribution in [0.2, 0.25) is 5.02 Å². The zero-order chi connectivity index (χ0) is 11.8. The normalized spacial score (nSPS) is 29.0. The highest BCUT2D eigenvalue weighted by Gasteiger charge is 2.46. The summed E-state index contributed by atoms with van der Waals surface area (Å²) in [5, 5.41) is 11.6. The van der Waals surface area contributed by atoms with Crippen LogP contribution in [0.3, 0.4) is 0 Å². The van der Waals surface area contributed by atoms with E-state index in [9.17, 15) is 5.11 Å². The molecule has 1 unspecified atom stereocenters. The van der Waals surface area contributed by atoms with Crippen molar-refractivity contribution in [3.63, 3.8) is 0 Å². The molecule has 1 aliphatic carbocycles. The van der Waals surface area contributed by atoms with Gasteiger partial charge in [-0.25, -0.2) is 0 Å². The first-order chi connectivity index (χ1) is 7.46. The SMILES string of the molecule is CC1(C)CCCCC1(O)c1ccc(Cl)cc1. The summed E-state index contributed by atoms with van der Waals surface area (Å²) in [4.78, 5) is 0. The second-order valence-electron chi connectivity index (χ2n) is 5.46. The second-order valence-corrected chi connectivity index (χ2v) is 5.89. The van der Waals surface area contributed by atoms with Crippen molar-refractivity contribution in [3.8, 4) is 0 Å². The van der Waals surface area contributed by atoms with Crippen molar-refractivity contribution in [2.24, 2.45) is 5.41 Å². The van der Waals surface area contributed by atoms with Gasteiger partial charge in [-0.2, -0.15) is 0 Å². The van der Waals surface area contributed by atoms with Crippen molar-refractivity contribution < 1.29 is 5.11 Å². The highest BCUT2D eigenvalue weighted by Crippen LogP contribution is 2.50. The Morgan fingerprint density at radius 3 is 2.19 bits per heavy atom. The van der Waals surface area contributed by atoms with Crippen LogP contribution in [0.1, 0.15) is 45.1 Å². The van der Waals surface area contributed by atoms with Crippen molar-refractivity contribution in [2.75, 3.05) is 0 Å². The second kappa shape index (κ2) is 4.05. The Morgan fingerprint density at radius 2 is 1.62 bits per heavy atom. The van der Waals surface area contributed by atoms with Crippen LogP contribution in [0.15, 0.2) is 24.3 Å². The minimum Gasteiger partial charge on any atom is -0.385 e. The van der Waals surface area contributed by atoms with E-state index in [0.717, 1.165) is 29.8 Å². The molecular formula is C14H19ClO. The third kappa shape index (κ3) is 1.87. The van der Waals surface area contributed by atoms with Crippen molar-refractivity contribution in [3.05, 3.63) is 34.9 Å². The molecule has 88 valence electrons. The largest absolute Gasteiger partial charge is 0.385 e. The first kappa shape index (κ1) is 11.9. The maximum absolute atomic E-state index is 10.9. The zero-order valence-corrected chi connectivity index (χ0v) is 10.7. The van der Waals surface area contributed by atoms with E-state index >= 15 is 0 Å². The summed E-state index contributed by atoms with van der Waals surface area (Å²) in [5.41, 5.74) is 0.246. The van der Waals surface area contributed by atoms with Crippen LogP contribution in [0.25, 0.3) is 0 Å². The van der Waals surface area contributed by atoms with E-state index in [2.05, 4.69) is 13.8 Å². The van der Waals surface area contributed by atoms with Gasteiger partial charge in [0.05, 0.1) is 5.60 Å². The fourth-order valence-electron chi connectivity index (χ4n) is 2.75. The van der Waals surface area contributed by atoms with Gasteiger partial charge in [-0.3, -0.25) is 0 Å². The molecule has 0 saturated heterocycles. The number of hydrogen-bond donors (Lipinski definition) is 1. The summed E-state index contributed by atoms with van der Waals surface area (Å²) in [7, 11) is 0. The third-order valence-corrected chi connectivity index (χ3v) is 4.28. The van der Waals surface area contributed by atoms with Crippen molar-refractivity contribution in [2.45, 2.75) is 45.1 Å². The Labute approximate surface area is 102 Å². The molecule has 0 bridgehead atoms. The van der Waals surface area contributed by atoms with Gasteiger partial charge >= 0.3 is 0 Å². The van der Waals surface area contributed by atoms with Crippen LogP contribution in [0.5, 0.6) is 0 Å². The van der Waals surface area contributed by atoms with Crippen molar-refractivity contribution in [1.29, 1.82) is 0 Å². The van der Waals surface area contributed by atoms with Gasteiger partial charge in [0.1, 0.15) is 0 Å². The topological polar surface area (TPSA) is 20.2 Å². The van der Waals surface area contributed by atoms with Crippen LogP contribution in [0.4, 0.5) is 0 Å². The predicted octanol–water partition coefficient (Wildman–Crippen LogP) is 4.13. The first-order valence-electron chi connectivity index (χ1n) is 5.94. The molecule has 1 saturated carbocycles. The fraction of sp³-hybridized carbons (Fsp3) is 0.571.